The molecule has 0 radical (unpaired) electrons. The Morgan fingerprint density at radius 2 is 1.81 bits per heavy atom. The van der Waals surface area contributed by atoms with Crippen molar-refractivity contribution in [3.05, 3.63) is 59.3 Å². The first-order chi connectivity index (χ1) is 13.2. The highest BCUT2D eigenvalue weighted by Gasteiger charge is 2.31. The molecule has 6 nitrogen and oxygen atoms in total. The summed E-state index contributed by atoms with van der Waals surface area (Å²) < 4.78 is 9.76. The average molecular weight is 384 g/mol. The summed E-state index contributed by atoms with van der Waals surface area (Å²) in [5.74, 6) is 4.55. The predicted octanol–water partition coefficient (Wildman–Crippen LogP) is 4.47. The molecule has 5 rings (SSSR count). The van der Waals surface area contributed by atoms with Crippen LogP contribution in [0.2, 0.25) is 0 Å². The molecular formula is C20H22ClN5O. The lowest BCUT2D eigenvalue weighted by atomic mass is 9.81. The summed E-state index contributed by atoms with van der Waals surface area (Å²) in [6.45, 7) is 3.25. The number of halogens is 1. The van der Waals surface area contributed by atoms with E-state index in [-0.39, 0.29) is 0 Å². The number of nitrogens with zero attached hydrogens (tertiary/aromatic N) is 5. The van der Waals surface area contributed by atoms with Gasteiger partial charge in [0.2, 0.25) is 0 Å². The van der Waals surface area contributed by atoms with Gasteiger partial charge in [-0.05, 0) is 56.0 Å². The van der Waals surface area contributed by atoms with Gasteiger partial charge in [0.15, 0.2) is 11.7 Å². The van der Waals surface area contributed by atoms with Crippen LogP contribution in [0.25, 0.3) is 5.69 Å². The van der Waals surface area contributed by atoms with E-state index in [1.165, 1.54) is 5.56 Å². The van der Waals surface area contributed by atoms with Crippen molar-refractivity contribution in [2.24, 2.45) is 0 Å². The third kappa shape index (κ3) is 3.07. The van der Waals surface area contributed by atoms with Crippen LogP contribution in [0.15, 0.2) is 34.9 Å². The predicted molar refractivity (Wildman–Crippen MR) is 102 cm³/mol. The van der Waals surface area contributed by atoms with E-state index in [9.17, 15) is 0 Å². The van der Waals surface area contributed by atoms with Crippen molar-refractivity contribution in [1.82, 2.24) is 24.2 Å². The molecule has 1 aliphatic heterocycles. The zero-order valence-electron chi connectivity index (χ0n) is 15.3. The van der Waals surface area contributed by atoms with Gasteiger partial charge in [-0.25, -0.2) is 9.40 Å². The summed E-state index contributed by atoms with van der Waals surface area (Å²) in [6, 6.07) is 8.40. The Morgan fingerprint density at radius 1 is 1.04 bits per heavy atom. The maximum Gasteiger partial charge on any atom is 0.197 e. The molecule has 1 aromatic carbocycles. The summed E-state index contributed by atoms with van der Waals surface area (Å²) >= 11 is 6.40. The molecule has 1 fully saturated rings. The number of rotatable bonds is 2. The molecule has 0 bridgehead atoms. The zero-order valence-corrected chi connectivity index (χ0v) is 16.1. The molecule has 2 aliphatic rings. The van der Waals surface area contributed by atoms with Gasteiger partial charge in [0.05, 0.1) is 18.4 Å². The zero-order chi connectivity index (χ0) is 18.4. The van der Waals surface area contributed by atoms with Crippen LogP contribution in [0.4, 0.5) is 0 Å². The Hall–Kier alpha value is -2.18. The third-order valence-corrected chi connectivity index (χ3v) is 5.96. The van der Waals surface area contributed by atoms with Crippen molar-refractivity contribution < 1.29 is 4.42 Å². The van der Waals surface area contributed by atoms with Crippen LogP contribution in [-0.2, 0) is 13.1 Å². The number of aryl methyl sites for hydroxylation is 1. The van der Waals surface area contributed by atoms with E-state index >= 15 is 0 Å². The average Bonchev–Trinajstić information content (AvgIpc) is 3.25. The van der Waals surface area contributed by atoms with Gasteiger partial charge in [0, 0.05) is 18.4 Å². The molecule has 0 spiro atoms. The molecule has 1 saturated carbocycles. The smallest absolute Gasteiger partial charge is 0.197 e. The number of para-hydroxylation sites is 1. The van der Waals surface area contributed by atoms with E-state index in [1.807, 2.05) is 13.1 Å². The molecule has 3 aromatic rings. The summed E-state index contributed by atoms with van der Waals surface area (Å²) in [7, 11) is 0. The number of hydrogen-bond donors (Lipinski definition) is 0. The van der Waals surface area contributed by atoms with Crippen molar-refractivity contribution in [2.45, 2.75) is 57.5 Å². The minimum atomic E-state index is 0.397. The van der Waals surface area contributed by atoms with Gasteiger partial charge < -0.3 is 4.42 Å². The van der Waals surface area contributed by atoms with Crippen molar-refractivity contribution in [3.63, 3.8) is 0 Å². The lowest BCUT2D eigenvalue weighted by molar-refractivity contribution is 0.326. The molecule has 2 aromatic heterocycles. The fourth-order valence-electron chi connectivity index (χ4n) is 4.38. The molecule has 0 saturated heterocycles. The van der Waals surface area contributed by atoms with E-state index < -0.39 is 0 Å². The summed E-state index contributed by atoms with van der Waals surface area (Å²) in [6.07, 6.45) is 6.08. The quantitative estimate of drug-likeness (QED) is 0.611. The topological polar surface area (TPSA) is 60.0 Å². The highest BCUT2D eigenvalue weighted by molar-refractivity contribution is 6.13. The maximum absolute atomic E-state index is 6.40. The first-order valence-corrected chi connectivity index (χ1v) is 9.88. The van der Waals surface area contributed by atoms with E-state index in [0.29, 0.717) is 24.9 Å². The molecular weight excluding hydrogens is 362 g/mol. The van der Waals surface area contributed by atoms with Gasteiger partial charge in [-0.1, -0.05) is 18.2 Å². The van der Waals surface area contributed by atoms with Crippen molar-refractivity contribution in [2.75, 3.05) is 0 Å². The summed E-state index contributed by atoms with van der Waals surface area (Å²) in [4.78, 5) is 4.43. The Balaban J connectivity index is 1.44. The number of hydrogen-bond acceptors (Lipinski definition) is 5. The van der Waals surface area contributed by atoms with E-state index in [1.54, 1.807) is 4.42 Å². The van der Waals surface area contributed by atoms with Crippen molar-refractivity contribution in [3.8, 4) is 5.69 Å². The normalized spacial score (nSPS) is 22.9. The van der Waals surface area contributed by atoms with Crippen molar-refractivity contribution >= 4 is 11.8 Å². The van der Waals surface area contributed by atoms with E-state index in [4.69, 9.17) is 16.2 Å². The Bertz CT molecular complexity index is 957. The van der Waals surface area contributed by atoms with Crippen molar-refractivity contribution in [1.29, 1.82) is 0 Å². The molecule has 3 heterocycles. The molecule has 27 heavy (non-hydrogen) atoms. The van der Waals surface area contributed by atoms with Gasteiger partial charge in [-0.2, -0.15) is 0 Å². The first kappa shape index (κ1) is 17.0. The summed E-state index contributed by atoms with van der Waals surface area (Å²) in [5.41, 5.74) is 2.36. The molecule has 0 N–H and O–H groups in total. The van der Waals surface area contributed by atoms with Gasteiger partial charge in [0.1, 0.15) is 11.6 Å². The van der Waals surface area contributed by atoms with Gasteiger partial charge >= 0.3 is 0 Å². The SMILES string of the molecule is Cc1cnc(C2CCC(c3nnc4n3-c3ccccc3CN(Cl)C4)CC2)o1. The largest absolute Gasteiger partial charge is 0.446 e. The highest BCUT2D eigenvalue weighted by Crippen LogP contribution is 2.41. The molecule has 0 amide bonds. The molecule has 140 valence electrons. The highest BCUT2D eigenvalue weighted by atomic mass is 35.5. The van der Waals surface area contributed by atoms with Gasteiger partial charge in [-0.15, -0.1) is 10.2 Å². The van der Waals surface area contributed by atoms with E-state index in [2.05, 4.69) is 44.0 Å². The maximum atomic E-state index is 6.40. The Morgan fingerprint density at radius 3 is 2.59 bits per heavy atom. The number of oxazole rings is 1. The van der Waals surface area contributed by atoms with Crippen LogP contribution in [-0.4, -0.2) is 24.2 Å². The van der Waals surface area contributed by atoms with Crippen LogP contribution in [0.3, 0.4) is 0 Å². The monoisotopic (exact) mass is 383 g/mol. The second-order valence-electron chi connectivity index (χ2n) is 7.58. The molecule has 0 unspecified atom stereocenters. The van der Waals surface area contributed by atoms with Crippen LogP contribution in [0.5, 0.6) is 0 Å². The number of aromatic nitrogens is 4. The first-order valence-electron chi connectivity index (χ1n) is 9.54. The number of benzene rings is 1. The second-order valence-corrected chi connectivity index (χ2v) is 8.05. The van der Waals surface area contributed by atoms with Gasteiger partial charge in [0.25, 0.3) is 0 Å². The summed E-state index contributed by atoms with van der Waals surface area (Å²) in [5, 5.41) is 9.06. The number of fused-ring (bicyclic) bond motifs is 3. The second kappa shape index (κ2) is 6.77. The Kier molecular flexibility index (Phi) is 4.25. The Labute approximate surface area is 163 Å². The minimum absolute atomic E-state index is 0.397. The van der Waals surface area contributed by atoms with Crippen LogP contribution in [0, 0.1) is 6.92 Å². The molecule has 7 heteroatoms. The fourth-order valence-corrected chi connectivity index (χ4v) is 4.61. The van der Waals surface area contributed by atoms with Gasteiger partial charge in [-0.3, -0.25) is 4.57 Å². The molecule has 1 aliphatic carbocycles. The fraction of sp³-hybridized carbons (Fsp3) is 0.450. The van der Waals surface area contributed by atoms with Crippen LogP contribution in [0.1, 0.15) is 66.4 Å². The lowest BCUT2D eigenvalue weighted by Crippen LogP contribution is -2.17. The minimum Gasteiger partial charge on any atom is -0.446 e. The van der Waals surface area contributed by atoms with Crippen LogP contribution >= 0.6 is 11.8 Å². The van der Waals surface area contributed by atoms with Crippen LogP contribution < -0.4 is 0 Å². The lowest BCUT2D eigenvalue weighted by Gasteiger charge is -2.26. The van der Waals surface area contributed by atoms with E-state index in [0.717, 1.165) is 54.7 Å². The third-order valence-electron chi connectivity index (χ3n) is 5.72. The standard InChI is InChI=1S/C20H22ClN5O/c1-13-10-22-20(27-13)15-8-6-14(7-9-15)19-24-23-18-12-25(21)11-16-4-2-3-5-17(16)26(18)19/h2-5,10,14-15H,6-9,11-12H2,1H3. The molecule has 0 atom stereocenters.